The van der Waals surface area contributed by atoms with Crippen molar-refractivity contribution in [2.75, 3.05) is 13.2 Å². The zero-order chi connectivity index (χ0) is 19.2. The monoisotopic (exact) mass is 405 g/mol. The molecule has 3 N–H and O–H groups in total. The van der Waals surface area contributed by atoms with Gasteiger partial charge in [-0.15, -0.1) is 0 Å². The van der Waals surface area contributed by atoms with E-state index in [1.165, 1.54) is 10.4 Å². The third-order valence-electron chi connectivity index (χ3n) is 4.47. The highest BCUT2D eigenvalue weighted by atomic mass is 35.5. The number of benzene rings is 2. The third kappa shape index (κ3) is 3.05. The molecule has 4 rings (SSSR count). The van der Waals surface area contributed by atoms with Gasteiger partial charge in [-0.05, 0) is 24.3 Å². The standard InChI is InChI=1S/C18H16ClN3O4S/c19-12-5-6-14-13(9-12)17(16(21-14)18(20)23)27(24,25)22-7-8-26-15-4-2-1-3-11(15)10-22/h1-6,9,21H,7-8,10H2,(H2,20,23). The van der Waals surface area contributed by atoms with E-state index in [-0.39, 0.29) is 30.3 Å². The van der Waals surface area contributed by atoms with E-state index in [2.05, 4.69) is 4.98 Å². The molecule has 0 atom stereocenters. The molecule has 140 valence electrons. The normalized spacial score (nSPS) is 15.1. The Hall–Kier alpha value is -2.55. The molecule has 9 heteroatoms. The summed E-state index contributed by atoms with van der Waals surface area (Å²) in [4.78, 5) is 14.6. The maximum absolute atomic E-state index is 13.5. The molecule has 1 aliphatic heterocycles. The Balaban J connectivity index is 1.88. The summed E-state index contributed by atoms with van der Waals surface area (Å²) >= 11 is 6.05. The van der Waals surface area contributed by atoms with Crippen molar-refractivity contribution >= 4 is 38.4 Å². The smallest absolute Gasteiger partial charge is 0.266 e. The van der Waals surface area contributed by atoms with Crippen LogP contribution in [0.3, 0.4) is 0 Å². The molecule has 0 saturated heterocycles. The van der Waals surface area contributed by atoms with Gasteiger partial charge in [0.2, 0.25) is 10.0 Å². The average Bonchev–Trinajstić information content (AvgIpc) is 2.87. The maximum atomic E-state index is 13.5. The number of nitrogens with two attached hydrogens (primary N) is 1. The van der Waals surface area contributed by atoms with Crippen molar-refractivity contribution in [3.8, 4) is 5.75 Å². The van der Waals surface area contributed by atoms with E-state index in [1.807, 2.05) is 18.2 Å². The van der Waals surface area contributed by atoms with Crippen LogP contribution in [0.15, 0.2) is 47.4 Å². The molecular weight excluding hydrogens is 390 g/mol. The van der Waals surface area contributed by atoms with Crippen LogP contribution in [0, 0.1) is 0 Å². The lowest BCUT2D eigenvalue weighted by atomic mass is 10.2. The molecule has 0 saturated carbocycles. The van der Waals surface area contributed by atoms with E-state index < -0.39 is 15.9 Å². The van der Waals surface area contributed by atoms with E-state index in [0.29, 0.717) is 21.7 Å². The number of rotatable bonds is 3. The quantitative estimate of drug-likeness (QED) is 0.698. The van der Waals surface area contributed by atoms with Gasteiger partial charge in [-0.2, -0.15) is 4.31 Å². The van der Waals surface area contributed by atoms with E-state index in [9.17, 15) is 13.2 Å². The largest absolute Gasteiger partial charge is 0.492 e. The predicted octanol–water partition coefficient (Wildman–Crippen LogP) is 2.50. The lowest BCUT2D eigenvalue weighted by molar-refractivity contribution is 0.0993. The molecule has 0 unspecified atom stereocenters. The first-order chi connectivity index (χ1) is 12.9. The van der Waals surface area contributed by atoms with Crippen LogP contribution < -0.4 is 10.5 Å². The number of nitrogens with zero attached hydrogens (tertiary/aromatic N) is 1. The Kier molecular flexibility index (Phi) is 4.33. The Morgan fingerprint density at radius 1 is 1.22 bits per heavy atom. The van der Waals surface area contributed by atoms with Crippen molar-refractivity contribution < 1.29 is 17.9 Å². The molecule has 7 nitrogen and oxygen atoms in total. The van der Waals surface area contributed by atoms with Crippen molar-refractivity contribution in [2.45, 2.75) is 11.4 Å². The molecule has 2 heterocycles. The minimum absolute atomic E-state index is 0.129. The van der Waals surface area contributed by atoms with Gasteiger partial charge in [0.05, 0.1) is 0 Å². The number of hydrogen-bond donors (Lipinski definition) is 2. The summed E-state index contributed by atoms with van der Waals surface area (Å²) in [5.41, 5.74) is 6.50. The summed E-state index contributed by atoms with van der Waals surface area (Å²) in [6.07, 6.45) is 0. The number of primary amides is 1. The van der Waals surface area contributed by atoms with Gasteiger partial charge < -0.3 is 15.5 Å². The summed E-state index contributed by atoms with van der Waals surface area (Å²) in [6.45, 7) is 0.470. The molecule has 3 aromatic rings. The topological polar surface area (TPSA) is 105 Å². The van der Waals surface area contributed by atoms with Gasteiger partial charge in [0, 0.05) is 34.6 Å². The van der Waals surface area contributed by atoms with Crippen molar-refractivity contribution in [3.05, 3.63) is 58.7 Å². The van der Waals surface area contributed by atoms with Crippen LogP contribution in [-0.2, 0) is 16.6 Å². The summed E-state index contributed by atoms with van der Waals surface area (Å²) in [5.74, 6) is -0.209. The lowest BCUT2D eigenvalue weighted by Crippen LogP contribution is -2.33. The van der Waals surface area contributed by atoms with Crippen LogP contribution in [0.1, 0.15) is 16.1 Å². The highest BCUT2D eigenvalue weighted by Crippen LogP contribution is 2.33. The van der Waals surface area contributed by atoms with Crippen molar-refractivity contribution in [2.24, 2.45) is 5.73 Å². The second-order valence-electron chi connectivity index (χ2n) is 6.18. The minimum Gasteiger partial charge on any atom is -0.492 e. The van der Waals surface area contributed by atoms with Gasteiger partial charge >= 0.3 is 0 Å². The number of fused-ring (bicyclic) bond motifs is 2. The number of nitrogens with one attached hydrogen (secondary N) is 1. The summed E-state index contributed by atoms with van der Waals surface area (Å²) in [5, 5.41) is 0.688. The fraction of sp³-hybridized carbons (Fsp3) is 0.167. The number of aromatic amines is 1. The summed E-state index contributed by atoms with van der Waals surface area (Å²) in [6, 6.07) is 12.0. The zero-order valence-corrected chi connectivity index (χ0v) is 15.7. The van der Waals surface area contributed by atoms with Crippen molar-refractivity contribution in [1.82, 2.24) is 9.29 Å². The van der Waals surface area contributed by atoms with Gasteiger partial charge in [-0.25, -0.2) is 8.42 Å². The number of carbonyl (C=O) groups is 1. The number of amides is 1. The molecule has 2 aromatic carbocycles. The number of halogens is 1. The number of aromatic nitrogens is 1. The van der Waals surface area contributed by atoms with Crippen LogP contribution in [0.25, 0.3) is 10.9 Å². The molecule has 0 fully saturated rings. The van der Waals surface area contributed by atoms with Gasteiger partial charge in [0.1, 0.15) is 22.9 Å². The first-order valence-corrected chi connectivity index (χ1v) is 10.0. The van der Waals surface area contributed by atoms with Crippen LogP contribution in [0.2, 0.25) is 5.02 Å². The lowest BCUT2D eigenvalue weighted by Gasteiger charge is -2.19. The highest BCUT2D eigenvalue weighted by molar-refractivity contribution is 7.89. The Morgan fingerprint density at radius 3 is 2.78 bits per heavy atom. The highest BCUT2D eigenvalue weighted by Gasteiger charge is 2.34. The molecule has 0 aliphatic carbocycles. The predicted molar refractivity (Wildman–Crippen MR) is 101 cm³/mol. The summed E-state index contributed by atoms with van der Waals surface area (Å²) in [7, 11) is -4.04. The maximum Gasteiger partial charge on any atom is 0.266 e. The minimum atomic E-state index is -4.04. The van der Waals surface area contributed by atoms with Crippen LogP contribution in [-0.4, -0.2) is 36.8 Å². The van der Waals surface area contributed by atoms with Crippen molar-refractivity contribution in [3.63, 3.8) is 0 Å². The molecule has 0 spiro atoms. The molecule has 1 aliphatic rings. The molecule has 0 bridgehead atoms. The number of ether oxygens (including phenoxy) is 1. The van der Waals surface area contributed by atoms with E-state index in [4.69, 9.17) is 22.1 Å². The van der Waals surface area contributed by atoms with E-state index >= 15 is 0 Å². The van der Waals surface area contributed by atoms with Crippen molar-refractivity contribution in [1.29, 1.82) is 0 Å². The second-order valence-corrected chi connectivity index (χ2v) is 8.49. The van der Waals surface area contributed by atoms with E-state index in [1.54, 1.807) is 18.2 Å². The molecule has 1 aromatic heterocycles. The first kappa shape index (κ1) is 17.8. The average molecular weight is 406 g/mol. The number of carbonyl (C=O) groups excluding carboxylic acids is 1. The van der Waals surface area contributed by atoms with Gasteiger partial charge in [-0.1, -0.05) is 29.8 Å². The molecule has 1 amide bonds. The number of sulfonamides is 1. The van der Waals surface area contributed by atoms with E-state index in [0.717, 1.165) is 5.56 Å². The number of H-pyrrole nitrogens is 1. The Morgan fingerprint density at radius 2 is 2.00 bits per heavy atom. The molecular formula is C18H16ClN3O4S. The Labute approximate surface area is 160 Å². The van der Waals surface area contributed by atoms with Gasteiger partial charge in [-0.3, -0.25) is 4.79 Å². The SMILES string of the molecule is NC(=O)c1[nH]c2ccc(Cl)cc2c1S(=O)(=O)N1CCOc2ccccc2C1. The fourth-order valence-electron chi connectivity index (χ4n) is 3.22. The fourth-order valence-corrected chi connectivity index (χ4v) is 5.13. The van der Waals surface area contributed by atoms with Crippen LogP contribution >= 0.6 is 11.6 Å². The molecule has 0 radical (unpaired) electrons. The van der Waals surface area contributed by atoms with Crippen LogP contribution in [0.5, 0.6) is 5.75 Å². The molecule has 27 heavy (non-hydrogen) atoms. The third-order valence-corrected chi connectivity index (χ3v) is 6.64. The summed E-state index contributed by atoms with van der Waals surface area (Å²) < 4.78 is 33.9. The van der Waals surface area contributed by atoms with Gasteiger partial charge in [0.15, 0.2) is 0 Å². The second kappa shape index (κ2) is 6.56. The van der Waals surface area contributed by atoms with Crippen LogP contribution in [0.4, 0.5) is 0 Å². The number of hydrogen-bond acceptors (Lipinski definition) is 4. The van der Waals surface area contributed by atoms with Gasteiger partial charge in [0.25, 0.3) is 5.91 Å². The number of para-hydroxylation sites is 1. The first-order valence-electron chi connectivity index (χ1n) is 8.20. The Bertz CT molecular complexity index is 1160. The zero-order valence-electron chi connectivity index (χ0n) is 14.1.